The average molecular weight is 344 g/mol. The molecule has 0 fully saturated rings. The second-order valence-electron chi connectivity index (χ2n) is 6.68. The Hall–Kier alpha value is -3.08. The highest BCUT2D eigenvalue weighted by molar-refractivity contribution is 5.98. The Labute approximate surface area is 150 Å². The topological polar surface area (TPSA) is 43.6 Å². The van der Waals surface area contributed by atoms with Crippen LogP contribution in [0, 0.1) is 12.7 Å². The van der Waals surface area contributed by atoms with Crippen LogP contribution in [0.25, 0.3) is 33.4 Å². The maximum atomic E-state index is 13.9. The summed E-state index contributed by atoms with van der Waals surface area (Å²) in [6.45, 7) is 2.88. The second-order valence-corrected chi connectivity index (χ2v) is 6.68. The fourth-order valence-corrected chi connectivity index (χ4v) is 3.81. The van der Waals surface area contributed by atoms with E-state index in [-0.39, 0.29) is 5.82 Å². The zero-order valence-electron chi connectivity index (χ0n) is 14.4. The quantitative estimate of drug-likeness (QED) is 0.536. The molecule has 0 bridgehead atoms. The number of hydrogen-bond acceptors (Lipinski definition) is 3. The predicted octanol–water partition coefficient (Wildman–Crippen LogP) is 4.55. The number of pyridine rings is 2. The van der Waals surface area contributed by atoms with Gasteiger partial charge in [0.25, 0.3) is 0 Å². The first-order valence-corrected chi connectivity index (χ1v) is 8.79. The van der Waals surface area contributed by atoms with Crippen LogP contribution in [0.4, 0.5) is 4.39 Å². The standard InChI is InChI=1S/C21H17FN4/c1-13-4-2-5-18(24-13)21-20(19-6-3-11-26(19)25-21)15-9-10-23-17-8-7-14(22)12-16(15)17/h2,4-5,7-10,12H,3,6,11H2,1H3. The van der Waals surface area contributed by atoms with Crippen LogP contribution in [0.3, 0.4) is 0 Å². The molecule has 0 atom stereocenters. The van der Waals surface area contributed by atoms with Gasteiger partial charge in [-0.2, -0.15) is 5.10 Å². The maximum absolute atomic E-state index is 13.9. The van der Waals surface area contributed by atoms with E-state index < -0.39 is 0 Å². The van der Waals surface area contributed by atoms with Crippen molar-refractivity contribution in [3.8, 4) is 22.5 Å². The van der Waals surface area contributed by atoms with Crippen LogP contribution < -0.4 is 0 Å². The summed E-state index contributed by atoms with van der Waals surface area (Å²) in [6.07, 6.45) is 3.82. The van der Waals surface area contributed by atoms with E-state index in [2.05, 4.69) is 14.6 Å². The van der Waals surface area contributed by atoms with Gasteiger partial charge in [-0.05, 0) is 61.7 Å². The van der Waals surface area contributed by atoms with Crippen LogP contribution in [-0.2, 0) is 13.0 Å². The molecule has 5 heteroatoms. The number of benzene rings is 1. The lowest BCUT2D eigenvalue weighted by molar-refractivity contribution is 0.629. The maximum Gasteiger partial charge on any atom is 0.123 e. The van der Waals surface area contributed by atoms with Crippen molar-refractivity contribution in [2.45, 2.75) is 26.3 Å². The van der Waals surface area contributed by atoms with Crippen molar-refractivity contribution in [3.05, 3.63) is 65.9 Å². The van der Waals surface area contributed by atoms with Crippen LogP contribution in [0.15, 0.2) is 48.7 Å². The number of aromatic nitrogens is 4. The SMILES string of the molecule is Cc1cccc(-c2nn3c(c2-c2ccnc4ccc(F)cc24)CCC3)n1. The lowest BCUT2D eigenvalue weighted by Crippen LogP contribution is -1.95. The molecule has 3 aromatic heterocycles. The van der Waals surface area contributed by atoms with E-state index in [0.717, 1.165) is 58.5 Å². The molecule has 0 aliphatic carbocycles. The molecule has 26 heavy (non-hydrogen) atoms. The molecule has 0 amide bonds. The van der Waals surface area contributed by atoms with Crippen molar-refractivity contribution in [2.75, 3.05) is 0 Å². The average Bonchev–Trinajstić information content (AvgIpc) is 3.22. The van der Waals surface area contributed by atoms with E-state index in [0.29, 0.717) is 0 Å². The zero-order valence-corrected chi connectivity index (χ0v) is 14.4. The van der Waals surface area contributed by atoms with Crippen LogP contribution in [0.1, 0.15) is 17.8 Å². The van der Waals surface area contributed by atoms with E-state index in [1.54, 1.807) is 18.3 Å². The molecular formula is C21H17FN4. The monoisotopic (exact) mass is 344 g/mol. The number of fused-ring (bicyclic) bond motifs is 2. The van der Waals surface area contributed by atoms with Crippen LogP contribution in [-0.4, -0.2) is 19.7 Å². The first kappa shape index (κ1) is 15.2. The molecule has 5 rings (SSSR count). The van der Waals surface area contributed by atoms with Crippen molar-refractivity contribution in [1.82, 2.24) is 19.7 Å². The third-order valence-electron chi connectivity index (χ3n) is 4.95. The van der Waals surface area contributed by atoms with Gasteiger partial charge < -0.3 is 0 Å². The van der Waals surface area contributed by atoms with E-state index in [4.69, 9.17) is 5.10 Å². The number of nitrogens with zero attached hydrogens (tertiary/aromatic N) is 4. The Morgan fingerprint density at radius 1 is 1.12 bits per heavy atom. The Morgan fingerprint density at radius 2 is 2.04 bits per heavy atom. The highest BCUT2D eigenvalue weighted by atomic mass is 19.1. The summed E-state index contributed by atoms with van der Waals surface area (Å²) in [7, 11) is 0. The molecule has 1 aromatic carbocycles. The van der Waals surface area contributed by atoms with Gasteiger partial charge in [0.05, 0.1) is 11.2 Å². The summed E-state index contributed by atoms with van der Waals surface area (Å²) >= 11 is 0. The first-order chi connectivity index (χ1) is 12.7. The zero-order chi connectivity index (χ0) is 17.7. The first-order valence-electron chi connectivity index (χ1n) is 8.79. The third-order valence-corrected chi connectivity index (χ3v) is 4.95. The smallest absolute Gasteiger partial charge is 0.123 e. The minimum absolute atomic E-state index is 0.259. The molecule has 4 nitrogen and oxygen atoms in total. The van der Waals surface area contributed by atoms with Gasteiger partial charge in [0.15, 0.2) is 0 Å². The van der Waals surface area contributed by atoms with Crippen LogP contribution >= 0.6 is 0 Å². The second kappa shape index (κ2) is 5.73. The largest absolute Gasteiger partial charge is 0.268 e. The highest BCUT2D eigenvalue weighted by Gasteiger charge is 2.25. The summed E-state index contributed by atoms with van der Waals surface area (Å²) in [6, 6.07) is 12.6. The van der Waals surface area contributed by atoms with Gasteiger partial charge in [0, 0.05) is 35.1 Å². The lowest BCUT2D eigenvalue weighted by atomic mass is 9.96. The summed E-state index contributed by atoms with van der Waals surface area (Å²) in [5, 5.41) is 5.66. The predicted molar refractivity (Wildman–Crippen MR) is 99.2 cm³/mol. The van der Waals surface area contributed by atoms with Gasteiger partial charge in [-0.3, -0.25) is 14.6 Å². The van der Waals surface area contributed by atoms with Gasteiger partial charge in [-0.15, -0.1) is 0 Å². The van der Waals surface area contributed by atoms with Gasteiger partial charge in [-0.25, -0.2) is 4.39 Å². The number of halogens is 1. The van der Waals surface area contributed by atoms with Crippen molar-refractivity contribution in [2.24, 2.45) is 0 Å². The van der Waals surface area contributed by atoms with E-state index in [1.807, 2.05) is 31.2 Å². The molecule has 0 saturated heterocycles. The van der Waals surface area contributed by atoms with E-state index >= 15 is 0 Å². The molecule has 128 valence electrons. The Balaban J connectivity index is 1.84. The molecule has 0 unspecified atom stereocenters. The summed E-state index contributed by atoms with van der Waals surface area (Å²) in [5.41, 5.74) is 6.66. The molecule has 4 heterocycles. The summed E-state index contributed by atoms with van der Waals surface area (Å²) < 4.78 is 16.0. The third kappa shape index (κ3) is 2.31. The number of rotatable bonds is 2. The van der Waals surface area contributed by atoms with Gasteiger partial charge in [0.2, 0.25) is 0 Å². The van der Waals surface area contributed by atoms with Crippen molar-refractivity contribution in [3.63, 3.8) is 0 Å². The fraction of sp³-hybridized carbons (Fsp3) is 0.190. The summed E-state index contributed by atoms with van der Waals surface area (Å²) in [4.78, 5) is 9.07. The molecule has 1 aliphatic rings. The van der Waals surface area contributed by atoms with Crippen molar-refractivity contribution >= 4 is 10.9 Å². The molecule has 0 N–H and O–H groups in total. The minimum Gasteiger partial charge on any atom is -0.268 e. The Kier molecular flexibility index (Phi) is 3.35. The van der Waals surface area contributed by atoms with Gasteiger partial charge in [-0.1, -0.05) is 6.07 Å². The van der Waals surface area contributed by atoms with Crippen LogP contribution in [0.2, 0.25) is 0 Å². The molecule has 0 radical (unpaired) electrons. The van der Waals surface area contributed by atoms with E-state index in [1.165, 1.54) is 11.8 Å². The van der Waals surface area contributed by atoms with E-state index in [9.17, 15) is 4.39 Å². The van der Waals surface area contributed by atoms with Crippen molar-refractivity contribution < 1.29 is 4.39 Å². The van der Waals surface area contributed by atoms with Gasteiger partial charge in [0.1, 0.15) is 11.5 Å². The Morgan fingerprint density at radius 3 is 2.92 bits per heavy atom. The fourth-order valence-electron chi connectivity index (χ4n) is 3.81. The highest BCUT2D eigenvalue weighted by Crippen LogP contribution is 2.39. The number of aryl methyl sites for hydroxylation is 2. The van der Waals surface area contributed by atoms with Crippen LogP contribution in [0.5, 0.6) is 0 Å². The normalized spacial score (nSPS) is 13.3. The molecule has 1 aliphatic heterocycles. The molecular weight excluding hydrogens is 327 g/mol. The Bertz CT molecular complexity index is 1150. The lowest BCUT2D eigenvalue weighted by Gasteiger charge is -2.09. The summed E-state index contributed by atoms with van der Waals surface area (Å²) in [5.74, 6) is -0.259. The van der Waals surface area contributed by atoms with Crippen molar-refractivity contribution in [1.29, 1.82) is 0 Å². The minimum atomic E-state index is -0.259. The number of hydrogen-bond donors (Lipinski definition) is 0. The molecule has 0 spiro atoms. The molecule has 4 aromatic rings. The molecule has 0 saturated carbocycles. The van der Waals surface area contributed by atoms with Gasteiger partial charge >= 0.3 is 0 Å².